The van der Waals surface area contributed by atoms with Gasteiger partial charge in [-0.3, -0.25) is 4.90 Å². The lowest BCUT2D eigenvalue weighted by Gasteiger charge is -2.47. The summed E-state index contributed by atoms with van der Waals surface area (Å²) in [6, 6.07) is 9.32. The van der Waals surface area contributed by atoms with E-state index in [0.717, 1.165) is 0 Å². The van der Waals surface area contributed by atoms with Crippen LogP contribution >= 0.6 is 0 Å². The monoisotopic (exact) mass is 232 g/mol. The number of aryl methyl sites for hydroxylation is 1. The smallest absolute Gasteiger partial charge is 0.0586 e. The summed E-state index contributed by atoms with van der Waals surface area (Å²) in [6.07, 6.45) is 3.62. The molecule has 0 bridgehead atoms. The van der Waals surface area contributed by atoms with Crippen LogP contribution in [-0.2, 0) is 12.0 Å². The molecule has 2 N–H and O–H groups in total. The van der Waals surface area contributed by atoms with Gasteiger partial charge >= 0.3 is 0 Å². The largest absolute Gasteiger partial charge is 0.328 e. The highest BCUT2D eigenvalue weighted by Gasteiger charge is 2.39. The minimum absolute atomic E-state index is 0.0447. The molecule has 2 rings (SSSR count). The van der Waals surface area contributed by atoms with Crippen molar-refractivity contribution in [2.75, 3.05) is 13.6 Å². The minimum atomic E-state index is 0.0447. The molecule has 2 heteroatoms. The third-order valence-electron chi connectivity index (χ3n) is 4.34. The van der Waals surface area contributed by atoms with E-state index in [9.17, 15) is 0 Å². The van der Waals surface area contributed by atoms with E-state index in [4.69, 9.17) is 5.73 Å². The van der Waals surface area contributed by atoms with Crippen molar-refractivity contribution in [1.82, 2.24) is 4.90 Å². The predicted molar refractivity (Wildman–Crippen MR) is 73.0 cm³/mol. The van der Waals surface area contributed by atoms with Gasteiger partial charge in [0.1, 0.15) is 0 Å². The van der Waals surface area contributed by atoms with Crippen LogP contribution in [0.1, 0.15) is 37.8 Å². The van der Waals surface area contributed by atoms with Crippen LogP contribution in [0.4, 0.5) is 0 Å². The van der Waals surface area contributed by atoms with Gasteiger partial charge in [-0.1, -0.05) is 24.3 Å². The van der Waals surface area contributed by atoms with E-state index in [1.165, 1.54) is 30.4 Å². The summed E-state index contributed by atoms with van der Waals surface area (Å²) in [6.45, 7) is 5.20. The van der Waals surface area contributed by atoms with Crippen LogP contribution in [-0.4, -0.2) is 24.5 Å². The van der Waals surface area contributed by atoms with Gasteiger partial charge in [-0.05, 0) is 51.3 Å². The van der Waals surface area contributed by atoms with E-state index in [2.05, 4.69) is 50.1 Å². The highest BCUT2D eigenvalue weighted by molar-refractivity contribution is 5.36. The fourth-order valence-electron chi connectivity index (χ4n) is 3.11. The Bertz CT molecular complexity index is 386. The van der Waals surface area contributed by atoms with E-state index >= 15 is 0 Å². The molecule has 1 aliphatic carbocycles. The molecular formula is C15H24N2. The van der Waals surface area contributed by atoms with Gasteiger partial charge in [0, 0.05) is 12.6 Å². The number of nitrogens with two attached hydrogens (primary N) is 1. The van der Waals surface area contributed by atoms with Crippen molar-refractivity contribution in [3.05, 3.63) is 35.4 Å². The molecule has 0 spiro atoms. The maximum Gasteiger partial charge on any atom is 0.0586 e. The van der Waals surface area contributed by atoms with Crippen molar-refractivity contribution in [2.24, 2.45) is 5.73 Å². The number of rotatable bonds is 3. The van der Waals surface area contributed by atoms with Crippen LogP contribution in [0.15, 0.2) is 24.3 Å². The van der Waals surface area contributed by atoms with Crippen LogP contribution in [0.2, 0.25) is 0 Å². The molecule has 0 fully saturated rings. The summed E-state index contributed by atoms with van der Waals surface area (Å²) in [4.78, 5) is 2.45. The van der Waals surface area contributed by atoms with E-state index in [0.29, 0.717) is 12.6 Å². The topological polar surface area (TPSA) is 29.3 Å². The highest BCUT2D eigenvalue weighted by atomic mass is 15.2. The van der Waals surface area contributed by atoms with Gasteiger partial charge in [0.15, 0.2) is 0 Å². The number of fused-ring (bicyclic) bond motifs is 1. The first kappa shape index (κ1) is 12.6. The molecule has 0 aromatic heterocycles. The molecule has 1 aromatic rings. The van der Waals surface area contributed by atoms with Crippen molar-refractivity contribution in [3.63, 3.8) is 0 Å². The predicted octanol–water partition coefficient (Wildman–Crippen LogP) is 2.52. The number of hydrogen-bond donors (Lipinski definition) is 1. The first-order chi connectivity index (χ1) is 8.12. The number of benzene rings is 1. The fraction of sp³-hybridized carbons (Fsp3) is 0.600. The third-order valence-corrected chi connectivity index (χ3v) is 4.34. The lowest BCUT2D eigenvalue weighted by atomic mass is 9.75. The van der Waals surface area contributed by atoms with E-state index in [1.54, 1.807) is 0 Å². The molecule has 94 valence electrons. The number of likely N-dealkylation sites (N-methyl/N-ethyl adjacent to an activating group) is 1. The summed E-state index contributed by atoms with van der Waals surface area (Å²) in [7, 11) is 2.21. The lowest BCUT2D eigenvalue weighted by molar-refractivity contribution is 0.0727. The number of nitrogens with zero attached hydrogens (tertiary/aromatic N) is 1. The van der Waals surface area contributed by atoms with Gasteiger partial charge in [-0.15, -0.1) is 0 Å². The van der Waals surface area contributed by atoms with Crippen molar-refractivity contribution < 1.29 is 0 Å². The van der Waals surface area contributed by atoms with Crippen molar-refractivity contribution in [3.8, 4) is 0 Å². The molecule has 1 aliphatic rings. The van der Waals surface area contributed by atoms with E-state index in [-0.39, 0.29) is 5.54 Å². The van der Waals surface area contributed by atoms with E-state index in [1.807, 2.05) is 0 Å². The van der Waals surface area contributed by atoms with Crippen molar-refractivity contribution >= 4 is 0 Å². The second kappa shape index (κ2) is 4.79. The van der Waals surface area contributed by atoms with Crippen LogP contribution in [0.3, 0.4) is 0 Å². The fourth-order valence-corrected chi connectivity index (χ4v) is 3.11. The molecule has 0 amide bonds. The Labute approximate surface area is 105 Å². The standard InChI is InChI=1S/C15H24N2/c1-12(2)17(3)15(11-16)10-6-8-13-7-4-5-9-14(13)15/h4-5,7,9,12H,6,8,10-11,16H2,1-3H3. The third kappa shape index (κ3) is 2.00. The molecule has 1 unspecified atom stereocenters. The van der Waals surface area contributed by atoms with Crippen molar-refractivity contribution in [1.29, 1.82) is 0 Å². The van der Waals surface area contributed by atoms with Crippen LogP contribution in [0, 0.1) is 0 Å². The zero-order valence-electron chi connectivity index (χ0n) is 11.2. The van der Waals surface area contributed by atoms with E-state index < -0.39 is 0 Å². The lowest BCUT2D eigenvalue weighted by Crippen LogP contribution is -2.53. The molecule has 0 aliphatic heterocycles. The maximum atomic E-state index is 6.15. The zero-order chi connectivity index (χ0) is 12.5. The molecular weight excluding hydrogens is 208 g/mol. The van der Waals surface area contributed by atoms with Crippen LogP contribution in [0.25, 0.3) is 0 Å². The summed E-state index contributed by atoms with van der Waals surface area (Å²) in [5, 5.41) is 0. The Morgan fingerprint density at radius 3 is 2.71 bits per heavy atom. The highest BCUT2D eigenvalue weighted by Crippen LogP contribution is 2.39. The summed E-state index contributed by atoms with van der Waals surface area (Å²) >= 11 is 0. The Balaban J connectivity index is 2.49. The Morgan fingerprint density at radius 2 is 2.06 bits per heavy atom. The summed E-state index contributed by atoms with van der Waals surface area (Å²) in [5.41, 5.74) is 9.13. The van der Waals surface area contributed by atoms with Gasteiger partial charge in [-0.25, -0.2) is 0 Å². The minimum Gasteiger partial charge on any atom is -0.328 e. The second-order valence-corrected chi connectivity index (χ2v) is 5.45. The van der Waals surface area contributed by atoms with Crippen LogP contribution < -0.4 is 5.73 Å². The quantitative estimate of drug-likeness (QED) is 0.867. The molecule has 0 heterocycles. The molecule has 1 atom stereocenters. The molecule has 0 saturated carbocycles. The van der Waals surface area contributed by atoms with Gasteiger partial charge in [-0.2, -0.15) is 0 Å². The maximum absolute atomic E-state index is 6.15. The Kier molecular flexibility index (Phi) is 3.55. The van der Waals surface area contributed by atoms with Crippen LogP contribution in [0.5, 0.6) is 0 Å². The normalized spacial score (nSPS) is 24.1. The van der Waals surface area contributed by atoms with Gasteiger partial charge in [0.25, 0.3) is 0 Å². The molecule has 0 saturated heterocycles. The SMILES string of the molecule is CC(C)N(C)C1(CN)CCCc2ccccc21. The average Bonchev–Trinajstić information content (AvgIpc) is 2.37. The summed E-state index contributed by atoms with van der Waals surface area (Å²) < 4.78 is 0. The number of hydrogen-bond acceptors (Lipinski definition) is 2. The average molecular weight is 232 g/mol. The second-order valence-electron chi connectivity index (χ2n) is 5.45. The molecule has 17 heavy (non-hydrogen) atoms. The molecule has 0 radical (unpaired) electrons. The Morgan fingerprint density at radius 1 is 1.35 bits per heavy atom. The zero-order valence-corrected chi connectivity index (χ0v) is 11.2. The Hall–Kier alpha value is -0.860. The van der Waals surface area contributed by atoms with Gasteiger partial charge in [0.2, 0.25) is 0 Å². The first-order valence-corrected chi connectivity index (χ1v) is 6.63. The molecule has 2 nitrogen and oxygen atoms in total. The first-order valence-electron chi connectivity index (χ1n) is 6.63. The van der Waals surface area contributed by atoms with Crippen molar-refractivity contribution in [2.45, 2.75) is 44.7 Å². The summed E-state index contributed by atoms with van der Waals surface area (Å²) in [5.74, 6) is 0. The molecule has 1 aromatic carbocycles. The van der Waals surface area contributed by atoms with Gasteiger partial charge in [0.05, 0.1) is 5.54 Å². The van der Waals surface area contributed by atoms with Gasteiger partial charge < -0.3 is 5.73 Å².